The molecule has 0 aliphatic rings. The number of hydrogen-bond acceptors (Lipinski definition) is 4. The first-order chi connectivity index (χ1) is 9.86. The molecule has 0 spiro atoms. The Labute approximate surface area is 117 Å². The number of hydrogen-bond donors (Lipinski definition) is 0. The molecule has 0 aromatic carbocycles. The van der Waals surface area contributed by atoms with Gasteiger partial charge in [0.15, 0.2) is 8.46 Å². The van der Waals surface area contributed by atoms with Crippen molar-refractivity contribution in [2.45, 2.75) is 0 Å². The van der Waals surface area contributed by atoms with Crippen LogP contribution < -0.4 is 5.30 Å². The van der Waals surface area contributed by atoms with Gasteiger partial charge in [0.05, 0.1) is 22.8 Å². The van der Waals surface area contributed by atoms with Gasteiger partial charge >= 0.3 is 0 Å². The van der Waals surface area contributed by atoms with Crippen molar-refractivity contribution in [1.29, 1.82) is 0 Å². The van der Waals surface area contributed by atoms with Crippen LogP contribution in [0, 0.1) is 0 Å². The Hall–Kier alpha value is -2.45. The van der Waals surface area contributed by atoms with E-state index in [0.717, 1.165) is 11.4 Å². The Kier molecular flexibility index (Phi) is 3.57. The SMILES string of the molecule is O=Pc1cc(-c2ccccn2)nc(-c2ccccn2)c1. The molecule has 0 amide bonds. The topological polar surface area (TPSA) is 55.7 Å². The molecular weight excluding hydrogens is 269 g/mol. The normalized spacial score (nSPS) is 10.6. The van der Waals surface area contributed by atoms with Gasteiger partial charge in [-0.2, -0.15) is 0 Å². The molecule has 0 aliphatic carbocycles. The molecule has 0 radical (unpaired) electrons. The molecule has 20 heavy (non-hydrogen) atoms. The second-order valence-electron chi connectivity index (χ2n) is 4.12. The molecule has 3 heterocycles. The molecule has 5 heteroatoms. The first-order valence-electron chi connectivity index (χ1n) is 6.05. The molecule has 0 saturated carbocycles. The van der Waals surface area contributed by atoms with Gasteiger partial charge in [-0.05, 0) is 36.4 Å². The molecule has 0 saturated heterocycles. The fourth-order valence-electron chi connectivity index (χ4n) is 1.86. The van der Waals surface area contributed by atoms with Crippen molar-refractivity contribution < 1.29 is 4.57 Å². The molecule has 0 aliphatic heterocycles. The minimum absolute atomic E-state index is 0.0460. The fraction of sp³-hybridized carbons (Fsp3) is 0. The molecule has 3 aromatic rings. The lowest BCUT2D eigenvalue weighted by Crippen LogP contribution is -2.00. The Morgan fingerprint density at radius 2 is 1.30 bits per heavy atom. The van der Waals surface area contributed by atoms with Crippen LogP contribution >= 0.6 is 8.46 Å². The summed E-state index contributed by atoms with van der Waals surface area (Å²) in [6, 6.07) is 14.8. The van der Waals surface area contributed by atoms with Gasteiger partial charge in [-0.3, -0.25) is 14.5 Å². The van der Waals surface area contributed by atoms with Gasteiger partial charge in [0.25, 0.3) is 0 Å². The number of nitrogens with zero attached hydrogens (tertiary/aromatic N) is 3. The van der Waals surface area contributed by atoms with Crippen molar-refractivity contribution >= 4 is 13.8 Å². The summed E-state index contributed by atoms with van der Waals surface area (Å²) >= 11 is 0. The zero-order valence-corrected chi connectivity index (χ0v) is 11.4. The highest BCUT2D eigenvalue weighted by Gasteiger charge is 2.08. The van der Waals surface area contributed by atoms with Crippen LogP contribution in [0.25, 0.3) is 22.8 Å². The Morgan fingerprint density at radius 3 is 1.70 bits per heavy atom. The molecule has 3 aromatic heterocycles. The van der Waals surface area contributed by atoms with Gasteiger partial charge in [-0.1, -0.05) is 12.1 Å². The van der Waals surface area contributed by atoms with Crippen LogP contribution in [0.2, 0.25) is 0 Å². The highest BCUT2D eigenvalue weighted by molar-refractivity contribution is 7.34. The second kappa shape index (κ2) is 5.68. The summed E-state index contributed by atoms with van der Waals surface area (Å²) in [7, 11) is -0.0460. The van der Waals surface area contributed by atoms with Crippen molar-refractivity contribution in [2.24, 2.45) is 0 Å². The van der Waals surface area contributed by atoms with Gasteiger partial charge in [-0.15, -0.1) is 0 Å². The maximum absolute atomic E-state index is 11.2. The number of pyridine rings is 3. The summed E-state index contributed by atoms with van der Waals surface area (Å²) in [6.07, 6.45) is 3.41. The molecule has 0 N–H and O–H groups in total. The highest BCUT2D eigenvalue weighted by atomic mass is 31.1. The number of rotatable bonds is 3. The van der Waals surface area contributed by atoms with Crippen LogP contribution in [-0.2, 0) is 4.57 Å². The van der Waals surface area contributed by atoms with Gasteiger partial charge in [0, 0.05) is 17.7 Å². The minimum Gasteiger partial charge on any atom is -0.269 e. The fourth-order valence-corrected chi connectivity index (χ4v) is 2.21. The van der Waals surface area contributed by atoms with Crippen molar-refractivity contribution in [2.75, 3.05) is 0 Å². The minimum atomic E-state index is -0.0460. The predicted octanol–water partition coefficient (Wildman–Crippen LogP) is 3.12. The summed E-state index contributed by atoms with van der Waals surface area (Å²) in [6.45, 7) is 0. The third-order valence-corrected chi connectivity index (χ3v) is 3.24. The quantitative estimate of drug-likeness (QED) is 0.691. The van der Waals surface area contributed by atoms with Crippen LogP contribution in [0.3, 0.4) is 0 Å². The first-order valence-corrected chi connectivity index (χ1v) is 6.86. The Balaban J connectivity index is 2.15. The third kappa shape index (κ3) is 2.60. The zero-order valence-electron chi connectivity index (χ0n) is 10.5. The molecule has 0 fully saturated rings. The van der Waals surface area contributed by atoms with Gasteiger partial charge in [-0.25, -0.2) is 4.98 Å². The van der Waals surface area contributed by atoms with E-state index in [1.54, 1.807) is 24.5 Å². The van der Waals surface area contributed by atoms with Crippen molar-refractivity contribution in [1.82, 2.24) is 15.0 Å². The largest absolute Gasteiger partial charge is 0.269 e. The Morgan fingerprint density at radius 1 is 0.750 bits per heavy atom. The average Bonchev–Trinajstić information content (AvgIpc) is 2.56. The smallest absolute Gasteiger partial charge is 0.192 e. The van der Waals surface area contributed by atoms with Crippen molar-refractivity contribution in [3.05, 3.63) is 60.9 Å². The van der Waals surface area contributed by atoms with Crippen molar-refractivity contribution in [3.8, 4) is 22.8 Å². The van der Waals surface area contributed by atoms with E-state index in [-0.39, 0.29) is 8.46 Å². The standard InChI is InChI=1S/C15H10N3OP/c19-20-11-9-14(12-5-1-3-7-16-12)18-15(10-11)13-6-2-4-8-17-13/h1-10H. The summed E-state index contributed by atoms with van der Waals surface area (Å²) in [5, 5.41) is 0.654. The summed E-state index contributed by atoms with van der Waals surface area (Å²) in [5.74, 6) is 0. The second-order valence-corrected chi connectivity index (χ2v) is 4.82. The molecule has 4 nitrogen and oxygen atoms in total. The van der Waals surface area contributed by atoms with Gasteiger partial charge < -0.3 is 0 Å². The van der Waals surface area contributed by atoms with Crippen LogP contribution in [0.5, 0.6) is 0 Å². The van der Waals surface area contributed by atoms with Crippen molar-refractivity contribution in [3.63, 3.8) is 0 Å². The third-order valence-electron chi connectivity index (χ3n) is 2.77. The van der Waals surface area contributed by atoms with E-state index in [1.165, 1.54) is 0 Å². The summed E-state index contributed by atoms with van der Waals surface area (Å²) in [5.41, 5.74) is 2.87. The van der Waals surface area contributed by atoms with E-state index in [9.17, 15) is 4.57 Å². The van der Waals surface area contributed by atoms with Crippen LogP contribution in [0.15, 0.2) is 60.9 Å². The maximum Gasteiger partial charge on any atom is 0.192 e. The lowest BCUT2D eigenvalue weighted by molar-refractivity contribution is 0.603. The van der Waals surface area contributed by atoms with Gasteiger partial charge in [0.1, 0.15) is 0 Å². The maximum atomic E-state index is 11.2. The van der Waals surface area contributed by atoms with Gasteiger partial charge in [0.2, 0.25) is 0 Å². The van der Waals surface area contributed by atoms with Crippen LogP contribution in [0.1, 0.15) is 0 Å². The predicted molar refractivity (Wildman–Crippen MR) is 77.9 cm³/mol. The van der Waals surface area contributed by atoms with E-state index >= 15 is 0 Å². The molecule has 96 valence electrons. The van der Waals surface area contributed by atoms with E-state index in [4.69, 9.17) is 0 Å². The van der Waals surface area contributed by atoms with E-state index in [2.05, 4.69) is 15.0 Å². The molecule has 0 unspecified atom stereocenters. The monoisotopic (exact) mass is 279 g/mol. The average molecular weight is 279 g/mol. The molecule has 3 rings (SSSR count). The van der Waals surface area contributed by atoms with E-state index in [0.29, 0.717) is 16.7 Å². The summed E-state index contributed by atoms with van der Waals surface area (Å²) in [4.78, 5) is 13.1. The first kappa shape index (κ1) is 12.6. The molecule has 0 bridgehead atoms. The summed E-state index contributed by atoms with van der Waals surface area (Å²) < 4.78 is 11.2. The molecule has 0 atom stereocenters. The molecular formula is C15H10N3OP. The lowest BCUT2D eigenvalue weighted by atomic mass is 10.2. The highest BCUT2D eigenvalue weighted by Crippen LogP contribution is 2.20. The van der Waals surface area contributed by atoms with Crippen LogP contribution in [0.4, 0.5) is 0 Å². The zero-order chi connectivity index (χ0) is 13.8. The van der Waals surface area contributed by atoms with Crippen LogP contribution in [-0.4, -0.2) is 15.0 Å². The number of aromatic nitrogens is 3. The van der Waals surface area contributed by atoms with E-state index in [1.807, 2.05) is 36.4 Å². The van der Waals surface area contributed by atoms with E-state index < -0.39 is 0 Å². The lowest BCUT2D eigenvalue weighted by Gasteiger charge is -2.05. The Bertz CT molecular complexity index is 675.